The Morgan fingerprint density at radius 1 is 0.929 bits per heavy atom. The van der Waals surface area contributed by atoms with Gasteiger partial charge in [-0.25, -0.2) is 0 Å². The van der Waals surface area contributed by atoms with E-state index in [1.807, 2.05) is 7.11 Å². The Labute approximate surface area is 176 Å². The molecule has 156 valence electrons. The van der Waals surface area contributed by atoms with Gasteiger partial charge in [0.1, 0.15) is 5.75 Å². The molecule has 0 N–H and O–H groups in total. The molecule has 1 atom stereocenters. The summed E-state index contributed by atoms with van der Waals surface area (Å²) in [6.07, 6.45) is 7.42. The smallest absolute Gasteiger partial charge is 0.122 e. The summed E-state index contributed by atoms with van der Waals surface area (Å²) < 4.78 is 6.04. The van der Waals surface area contributed by atoms with E-state index in [9.17, 15) is 0 Å². The van der Waals surface area contributed by atoms with Crippen LogP contribution in [0.1, 0.15) is 45.7 Å². The molecule has 1 aromatic carbocycles. The van der Waals surface area contributed by atoms with Gasteiger partial charge in [0, 0.05) is 11.0 Å². The molecule has 0 fully saturated rings. The third kappa shape index (κ3) is 4.11. The summed E-state index contributed by atoms with van der Waals surface area (Å²) in [5.41, 5.74) is 4.63. The van der Waals surface area contributed by atoms with Gasteiger partial charge in [-0.1, -0.05) is 103 Å². The molecule has 0 heterocycles. The molecule has 0 bridgehead atoms. The van der Waals surface area contributed by atoms with Crippen LogP contribution in [0.3, 0.4) is 0 Å². The molecule has 0 saturated heterocycles. The van der Waals surface area contributed by atoms with E-state index in [2.05, 4.69) is 105 Å². The molecule has 1 aromatic rings. The van der Waals surface area contributed by atoms with E-state index < -0.39 is 16.1 Å². The van der Waals surface area contributed by atoms with Crippen molar-refractivity contribution in [2.45, 2.75) is 90.3 Å². The molecule has 1 aliphatic rings. The highest BCUT2D eigenvalue weighted by molar-refractivity contribution is 6.89. The lowest BCUT2D eigenvalue weighted by Gasteiger charge is -2.40. The van der Waals surface area contributed by atoms with Gasteiger partial charge in [0.25, 0.3) is 0 Å². The first-order valence-electron chi connectivity index (χ1n) is 10.6. The molecule has 1 aliphatic carbocycles. The van der Waals surface area contributed by atoms with Crippen LogP contribution >= 0.6 is 0 Å². The van der Waals surface area contributed by atoms with E-state index in [0.717, 1.165) is 5.75 Å². The second-order valence-corrected chi connectivity index (χ2v) is 22.4. The van der Waals surface area contributed by atoms with Crippen molar-refractivity contribution in [3.63, 3.8) is 0 Å². The molecule has 0 aromatic heterocycles. The molecule has 3 heteroatoms. The normalized spacial score (nSPS) is 18.4. The lowest BCUT2D eigenvalue weighted by molar-refractivity contribution is 0.404. The van der Waals surface area contributed by atoms with Gasteiger partial charge in [0.2, 0.25) is 0 Å². The monoisotopic (exact) mass is 414 g/mol. The summed E-state index contributed by atoms with van der Waals surface area (Å²) in [6, 6.07) is 4.69. The molecule has 2 rings (SSSR count). The number of allylic oxidation sites excluding steroid dienone is 4. The summed E-state index contributed by atoms with van der Waals surface area (Å²) in [5, 5.41) is 1.81. The first kappa shape index (κ1) is 23.2. The summed E-state index contributed by atoms with van der Waals surface area (Å²) >= 11 is 0. The highest BCUT2D eigenvalue weighted by Crippen LogP contribution is 2.49. The lowest BCUT2D eigenvalue weighted by atomic mass is 9.77. The van der Waals surface area contributed by atoms with Crippen LogP contribution in [0.5, 0.6) is 5.75 Å². The van der Waals surface area contributed by atoms with E-state index in [4.69, 9.17) is 4.74 Å². The van der Waals surface area contributed by atoms with Gasteiger partial charge in [0.05, 0.1) is 23.3 Å². The van der Waals surface area contributed by atoms with Crippen LogP contribution < -0.4 is 9.92 Å². The lowest BCUT2D eigenvalue weighted by Crippen LogP contribution is -2.41. The second-order valence-electron chi connectivity index (χ2n) is 11.7. The number of ether oxygens (including phenoxy) is 1. The minimum atomic E-state index is -1.50. The second kappa shape index (κ2) is 7.32. The van der Waals surface area contributed by atoms with Crippen LogP contribution in [-0.4, -0.2) is 23.3 Å². The quantitative estimate of drug-likeness (QED) is 0.463. The fraction of sp³-hybridized carbons (Fsp3) is 0.600. The molecule has 28 heavy (non-hydrogen) atoms. The van der Waals surface area contributed by atoms with Gasteiger partial charge in [0.15, 0.2) is 0 Å². The summed E-state index contributed by atoms with van der Waals surface area (Å²) in [7, 11) is -1.12. The molecular weight excluding hydrogens is 372 g/mol. The van der Waals surface area contributed by atoms with Crippen molar-refractivity contribution in [3.05, 3.63) is 47.1 Å². The van der Waals surface area contributed by atoms with Gasteiger partial charge in [-0.2, -0.15) is 0 Å². The maximum absolute atomic E-state index is 6.04. The van der Waals surface area contributed by atoms with Crippen molar-refractivity contribution in [2.24, 2.45) is 0 Å². The number of hydrogen-bond acceptors (Lipinski definition) is 1. The number of methoxy groups -OCH3 is 1. The van der Waals surface area contributed by atoms with Crippen LogP contribution in [0, 0.1) is 6.92 Å². The van der Waals surface area contributed by atoms with Crippen molar-refractivity contribution in [3.8, 4) is 5.75 Å². The SMILES string of the molecule is COc1c(C(C)(C)C2=CC([Si](C)(C)C(C)(C)C)C=C2)cc(C)cc1[Si](C)(C)C. The van der Waals surface area contributed by atoms with E-state index >= 15 is 0 Å². The van der Waals surface area contributed by atoms with Crippen LogP contribution in [0.4, 0.5) is 0 Å². The third-order valence-corrected chi connectivity index (χ3v) is 15.1. The fourth-order valence-corrected chi connectivity index (χ4v) is 7.80. The Morgan fingerprint density at radius 3 is 1.96 bits per heavy atom. The van der Waals surface area contributed by atoms with Crippen molar-refractivity contribution in [2.75, 3.05) is 7.11 Å². The highest BCUT2D eigenvalue weighted by atomic mass is 28.3. The fourth-order valence-electron chi connectivity index (χ4n) is 4.05. The first-order valence-corrected chi connectivity index (χ1v) is 17.2. The maximum atomic E-state index is 6.04. The zero-order chi connectivity index (χ0) is 21.7. The maximum Gasteiger partial charge on any atom is 0.122 e. The van der Waals surface area contributed by atoms with Crippen molar-refractivity contribution in [1.82, 2.24) is 0 Å². The highest BCUT2D eigenvalue weighted by Gasteiger charge is 2.43. The molecular formula is C25H42OSi2. The Hall–Kier alpha value is -1.07. The van der Waals surface area contributed by atoms with Gasteiger partial charge < -0.3 is 4.74 Å². The topological polar surface area (TPSA) is 9.23 Å². The molecule has 0 saturated carbocycles. The van der Waals surface area contributed by atoms with E-state index in [-0.39, 0.29) is 5.41 Å². The minimum absolute atomic E-state index is 0.0701. The predicted molar refractivity (Wildman–Crippen MR) is 132 cm³/mol. The number of hydrogen-bond donors (Lipinski definition) is 0. The van der Waals surface area contributed by atoms with E-state index in [0.29, 0.717) is 10.6 Å². The average molecular weight is 415 g/mol. The molecule has 1 nitrogen and oxygen atoms in total. The van der Waals surface area contributed by atoms with Gasteiger partial charge in [-0.15, -0.1) is 0 Å². The minimum Gasteiger partial charge on any atom is -0.497 e. The van der Waals surface area contributed by atoms with Crippen LogP contribution in [0.15, 0.2) is 35.9 Å². The average Bonchev–Trinajstić information content (AvgIpc) is 3.03. The van der Waals surface area contributed by atoms with E-state index in [1.165, 1.54) is 21.9 Å². The number of aryl methyl sites for hydroxylation is 1. The zero-order valence-corrected chi connectivity index (χ0v) is 22.4. The zero-order valence-electron chi connectivity index (χ0n) is 20.4. The Kier molecular flexibility index (Phi) is 6.07. The molecule has 0 amide bonds. The summed E-state index contributed by atoms with van der Waals surface area (Å²) in [5.74, 6) is 1.11. The Morgan fingerprint density at radius 2 is 1.50 bits per heavy atom. The van der Waals surface area contributed by atoms with Crippen LogP contribution in [-0.2, 0) is 5.41 Å². The Balaban J connectivity index is 2.59. The predicted octanol–water partition coefficient (Wildman–Crippen LogP) is 7.20. The molecule has 0 aliphatic heterocycles. The van der Waals surface area contributed by atoms with Crippen molar-refractivity contribution < 1.29 is 4.74 Å². The number of benzene rings is 1. The summed E-state index contributed by atoms with van der Waals surface area (Å²) in [4.78, 5) is 0. The van der Waals surface area contributed by atoms with E-state index in [1.54, 1.807) is 0 Å². The largest absolute Gasteiger partial charge is 0.497 e. The van der Waals surface area contributed by atoms with Gasteiger partial charge in [-0.05, 0) is 28.3 Å². The third-order valence-electron chi connectivity index (χ3n) is 7.25. The van der Waals surface area contributed by atoms with Crippen LogP contribution in [0.2, 0.25) is 43.3 Å². The summed E-state index contributed by atoms with van der Waals surface area (Å²) in [6.45, 7) is 26.5. The van der Waals surface area contributed by atoms with Crippen molar-refractivity contribution in [1.29, 1.82) is 0 Å². The number of rotatable bonds is 5. The molecule has 0 spiro atoms. The first-order chi connectivity index (χ1) is 12.5. The van der Waals surface area contributed by atoms with Gasteiger partial charge in [-0.3, -0.25) is 0 Å². The molecule has 0 radical (unpaired) electrons. The standard InChI is InChI=1S/C25H42OSi2/c1-18-15-21(23(26-7)22(16-18)27(8,9)10)25(5,6)19-13-14-20(17-19)28(11,12)24(2,3)4/h13-17,20H,1-12H3. The Bertz CT molecular complexity index is 799. The molecule has 1 unspecified atom stereocenters. The van der Waals surface area contributed by atoms with Crippen LogP contribution in [0.25, 0.3) is 0 Å². The van der Waals surface area contributed by atoms with Crippen molar-refractivity contribution >= 4 is 21.3 Å². The van der Waals surface area contributed by atoms with Gasteiger partial charge >= 0.3 is 0 Å².